The number of para-hydroxylation sites is 1. The maximum absolute atomic E-state index is 13.2. The zero-order valence-electron chi connectivity index (χ0n) is 14.1. The van der Waals surface area contributed by atoms with Crippen LogP contribution in [0.4, 0.5) is 0 Å². The summed E-state index contributed by atoms with van der Waals surface area (Å²) in [6, 6.07) is 22.9. The van der Waals surface area contributed by atoms with Crippen molar-refractivity contribution in [3.05, 3.63) is 98.2 Å². The summed E-state index contributed by atoms with van der Waals surface area (Å²) in [6.07, 6.45) is 0. The molecule has 1 heterocycles. The Morgan fingerprint density at radius 2 is 1.74 bits per heavy atom. The highest BCUT2D eigenvalue weighted by molar-refractivity contribution is 9.10. The molecular formula is C21H14BrClN2OS. The number of halogens is 2. The van der Waals surface area contributed by atoms with E-state index < -0.39 is 0 Å². The quantitative estimate of drug-likeness (QED) is 0.274. The number of nitrogens with zero attached hydrogens (tertiary/aromatic N) is 2. The lowest BCUT2D eigenvalue weighted by Crippen LogP contribution is -2.21. The summed E-state index contributed by atoms with van der Waals surface area (Å²) in [5.41, 5.74) is 2.53. The van der Waals surface area contributed by atoms with E-state index in [1.54, 1.807) is 4.57 Å². The molecule has 0 saturated carbocycles. The van der Waals surface area contributed by atoms with Crippen LogP contribution in [0.5, 0.6) is 0 Å². The molecule has 0 aliphatic heterocycles. The largest absolute Gasteiger partial charge is 0.268 e. The van der Waals surface area contributed by atoms with Crippen LogP contribution in [0.25, 0.3) is 16.6 Å². The van der Waals surface area contributed by atoms with Gasteiger partial charge in [-0.05, 0) is 48.0 Å². The highest BCUT2D eigenvalue weighted by Gasteiger charge is 2.14. The van der Waals surface area contributed by atoms with Gasteiger partial charge in [0.1, 0.15) is 0 Å². The molecule has 4 rings (SSSR count). The van der Waals surface area contributed by atoms with Crippen molar-refractivity contribution in [1.82, 2.24) is 9.55 Å². The molecule has 0 saturated heterocycles. The SMILES string of the molecule is O=c1c2cc(Br)ccc2nc(SCc2ccc(Cl)cc2)n1-c1ccccc1. The van der Waals surface area contributed by atoms with E-state index in [2.05, 4.69) is 15.9 Å². The summed E-state index contributed by atoms with van der Waals surface area (Å²) in [5.74, 6) is 0.693. The minimum Gasteiger partial charge on any atom is -0.268 e. The Bertz CT molecular complexity index is 1160. The Hall–Kier alpha value is -2.08. The Balaban J connectivity index is 1.83. The zero-order chi connectivity index (χ0) is 18.8. The first-order chi connectivity index (χ1) is 13.1. The van der Waals surface area contributed by atoms with Crippen LogP contribution in [0.2, 0.25) is 5.02 Å². The number of fused-ring (bicyclic) bond motifs is 1. The van der Waals surface area contributed by atoms with Crippen LogP contribution >= 0.6 is 39.3 Å². The number of thioether (sulfide) groups is 1. The molecule has 3 nitrogen and oxygen atoms in total. The van der Waals surface area contributed by atoms with Crippen molar-refractivity contribution in [2.75, 3.05) is 0 Å². The van der Waals surface area contributed by atoms with Crippen LogP contribution in [0.1, 0.15) is 5.56 Å². The molecule has 0 aliphatic rings. The van der Waals surface area contributed by atoms with E-state index in [0.717, 1.165) is 15.7 Å². The fraction of sp³-hybridized carbons (Fsp3) is 0.0476. The van der Waals surface area contributed by atoms with Gasteiger partial charge in [-0.25, -0.2) is 4.98 Å². The highest BCUT2D eigenvalue weighted by atomic mass is 79.9. The van der Waals surface area contributed by atoms with Crippen molar-refractivity contribution >= 4 is 50.2 Å². The molecule has 0 unspecified atom stereocenters. The predicted molar refractivity (Wildman–Crippen MR) is 116 cm³/mol. The van der Waals surface area contributed by atoms with Crippen LogP contribution in [-0.4, -0.2) is 9.55 Å². The normalized spacial score (nSPS) is 11.0. The van der Waals surface area contributed by atoms with Crippen LogP contribution in [0.15, 0.2) is 87.2 Å². The molecule has 0 fully saturated rings. The van der Waals surface area contributed by atoms with Crippen LogP contribution in [-0.2, 0) is 5.75 Å². The molecule has 27 heavy (non-hydrogen) atoms. The monoisotopic (exact) mass is 456 g/mol. The summed E-state index contributed by atoms with van der Waals surface area (Å²) < 4.78 is 2.53. The minimum atomic E-state index is -0.0777. The van der Waals surface area contributed by atoms with Gasteiger partial charge in [0, 0.05) is 15.2 Å². The molecule has 3 aromatic carbocycles. The Labute approximate surface area is 174 Å². The van der Waals surface area contributed by atoms with Gasteiger partial charge in [-0.2, -0.15) is 0 Å². The van der Waals surface area contributed by atoms with Crippen molar-refractivity contribution in [3.63, 3.8) is 0 Å². The molecule has 0 amide bonds. The smallest absolute Gasteiger partial charge is 0.266 e. The molecular weight excluding hydrogens is 444 g/mol. The van der Waals surface area contributed by atoms with Gasteiger partial charge in [-0.15, -0.1) is 0 Å². The Morgan fingerprint density at radius 3 is 2.48 bits per heavy atom. The fourth-order valence-electron chi connectivity index (χ4n) is 2.77. The second-order valence-corrected chi connectivity index (χ2v) is 8.24. The number of aromatic nitrogens is 2. The van der Waals surface area contributed by atoms with E-state index >= 15 is 0 Å². The second-order valence-electron chi connectivity index (χ2n) is 5.95. The third-order valence-corrected chi connectivity index (χ3v) is 5.85. The molecule has 0 radical (unpaired) electrons. The average molecular weight is 458 g/mol. The van der Waals surface area contributed by atoms with Gasteiger partial charge in [0.2, 0.25) is 0 Å². The van der Waals surface area contributed by atoms with E-state index in [4.69, 9.17) is 16.6 Å². The van der Waals surface area contributed by atoms with Gasteiger partial charge in [-0.1, -0.05) is 69.6 Å². The summed E-state index contributed by atoms with van der Waals surface area (Å²) in [7, 11) is 0. The molecule has 6 heteroatoms. The second kappa shape index (κ2) is 7.89. The van der Waals surface area contributed by atoms with Gasteiger partial charge in [0.25, 0.3) is 5.56 Å². The topological polar surface area (TPSA) is 34.9 Å². The lowest BCUT2D eigenvalue weighted by Gasteiger charge is -2.13. The molecule has 0 spiro atoms. The average Bonchev–Trinajstić information content (AvgIpc) is 2.69. The maximum Gasteiger partial charge on any atom is 0.266 e. The third-order valence-electron chi connectivity index (χ3n) is 4.10. The van der Waals surface area contributed by atoms with Crippen molar-refractivity contribution in [2.24, 2.45) is 0 Å². The Morgan fingerprint density at radius 1 is 1.00 bits per heavy atom. The van der Waals surface area contributed by atoms with Crippen LogP contribution < -0.4 is 5.56 Å². The number of rotatable bonds is 4. The number of hydrogen-bond acceptors (Lipinski definition) is 3. The molecule has 0 N–H and O–H groups in total. The number of hydrogen-bond donors (Lipinski definition) is 0. The molecule has 0 aliphatic carbocycles. The van der Waals surface area contributed by atoms with Gasteiger partial charge in [-0.3, -0.25) is 9.36 Å². The first-order valence-corrected chi connectivity index (χ1v) is 10.4. The van der Waals surface area contributed by atoms with E-state index in [-0.39, 0.29) is 5.56 Å². The minimum absolute atomic E-state index is 0.0777. The molecule has 0 bridgehead atoms. The first kappa shape index (κ1) is 18.3. The molecule has 1 aromatic heterocycles. The van der Waals surface area contributed by atoms with Crippen molar-refractivity contribution in [3.8, 4) is 5.69 Å². The van der Waals surface area contributed by atoms with E-state index in [9.17, 15) is 4.79 Å². The number of benzene rings is 3. The molecule has 134 valence electrons. The highest BCUT2D eigenvalue weighted by Crippen LogP contribution is 2.26. The third kappa shape index (κ3) is 3.95. The predicted octanol–water partition coefficient (Wildman–Crippen LogP) is 6.09. The lowest BCUT2D eigenvalue weighted by molar-refractivity contribution is 0.819. The van der Waals surface area contributed by atoms with Crippen LogP contribution in [0, 0.1) is 0 Å². The van der Waals surface area contributed by atoms with Crippen molar-refractivity contribution in [2.45, 2.75) is 10.9 Å². The van der Waals surface area contributed by atoms with E-state index in [1.807, 2.05) is 72.8 Å². The first-order valence-electron chi connectivity index (χ1n) is 8.27. The van der Waals surface area contributed by atoms with Gasteiger partial charge < -0.3 is 0 Å². The van der Waals surface area contributed by atoms with Gasteiger partial charge in [0.15, 0.2) is 5.16 Å². The standard InChI is InChI=1S/C21H14BrClN2OS/c22-15-8-11-19-18(12-15)20(26)25(17-4-2-1-3-5-17)21(24-19)27-13-14-6-9-16(23)10-7-14/h1-12H,13H2. The van der Waals surface area contributed by atoms with Gasteiger partial charge >= 0.3 is 0 Å². The summed E-state index contributed by atoms with van der Waals surface area (Å²) in [5, 5.41) is 1.96. The summed E-state index contributed by atoms with van der Waals surface area (Å²) in [6.45, 7) is 0. The van der Waals surface area contributed by atoms with Crippen LogP contribution in [0.3, 0.4) is 0 Å². The van der Waals surface area contributed by atoms with Crippen molar-refractivity contribution in [1.29, 1.82) is 0 Å². The Kier molecular flexibility index (Phi) is 5.34. The molecule has 0 atom stereocenters. The van der Waals surface area contributed by atoms with E-state index in [0.29, 0.717) is 26.8 Å². The fourth-order valence-corrected chi connectivity index (χ4v) is 4.22. The lowest BCUT2D eigenvalue weighted by atomic mass is 10.2. The molecule has 4 aromatic rings. The van der Waals surface area contributed by atoms with E-state index in [1.165, 1.54) is 11.8 Å². The van der Waals surface area contributed by atoms with Gasteiger partial charge in [0.05, 0.1) is 16.6 Å². The summed E-state index contributed by atoms with van der Waals surface area (Å²) in [4.78, 5) is 18.0. The maximum atomic E-state index is 13.2. The summed E-state index contributed by atoms with van der Waals surface area (Å²) >= 11 is 10.9. The van der Waals surface area contributed by atoms with Crippen molar-refractivity contribution < 1.29 is 0 Å². The zero-order valence-corrected chi connectivity index (χ0v) is 17.3.